The molecule has 2 N–H and O–H groups in total. The number of para-hydroxylation sites is 1. The van der Waals surface area contributed by atoms with Crippen LogP contribution in [-0.4, -0.2) is 28.0 Å². The summed E-state index contributed by atoms with van der Waals surface area (Å²) in [6.45, 7) is -0.192. The second kappa shape index (κ2) is 8.51. The van der Waals surface area contributed by atoms with Gasteiger partial charge in [0.05, 0.1) is 18.3 Å². The molecule has 28 heavy (non-hydrogen) atoms. The van der Waals surface area contributed by atoms with Crippen LogP contribution in [-0.2, 0) is 16.1 Å². The number of azo groups is 1. The number of fused-ring (bicyclic) bond motifs is 1. The highest BCUT2D eigenvalue weighted by Crippen LogP contribution is 2.38. The Hall–Kier alpha value is -4.12. The number of nitrogens with zero attached hydrogens (tertiary/aromatic N) is 3. The monoisotopic (exact) mass is 376 g/mol. The quantitative estimate of drug-likeness (QED) is 0.391. The number of hydrogen-bond acceptors (Lipinski definition) is 5. The number of carbonyl (C=O) groups excluding carboxylic acids is 2. The lowest BCUT2D eigenvalue weighted by Crippen LogP contribution is -2.26. The van der Waals surface area contributed by atoms with Gasteiger partial charge in [-0.15, -0.1) is 16.7 Å². The zero-order valence-corrected chi connectivity index (χ0v) is 14.7. The highest BCUT2D eigenvalue weighted by Gasteiger charge is 2.16. The third-order valence-electron chi connectivity index (χ3n) is 3.78. The number of carbonyl (C=O) groups is 2. The van der Waals surface area contributed by atoms with E-state index in [4.69, 9.17) is 10.8 Å². The molecule has 1 aromatic carbocycles. The van der Waals surface area contributed by atoms with Gasteiger partial charge in [0.15, 0.2) is 5.69 Å². The first kappa shape index (κ1) is 18.7. The fraction of sp³-hybridized carbons (Fsp3) is 0.100. The summed E-state index contributed by atoms with van der Waals surface area (Å²) in [5.41, 5.74) is 0.818. The fourth-order valence-electron chi connectivity index (χ4n) is 2.53. The van der Waals surface area contributed by atoms with E-state index in [0.717, 1.165) is 0 Å². The van der Waals surface area contributed by atoms with Crippen molar-refractivity contribution in [3.8, 4) is 18.2 Å². The van der Waals surface area contributed by atoms with Gasteiger partial charge in [0.25, 0.3) is 5.91 Å². The third kappa shape index (κ3) is 4.16. The van der Waals surface area contributed by atoms with Crippen molar-refractivity contribution in [1.29, 1.82) is 0 Å². The number of amides is 2. The maximum absolute atomic E-state index is 11.9. The number of aromatic nitrogens is 1. The fourth-order valence-corrected chi connectivity index (χ4v) is 2.53. The van der Waals surface area contributed by atoms with Crippen LogP contribution in [0.25, 0.3) is 17.0 Å². The van der Waals surface area contributed by atoms with Gasteiger partial charge in [-0.2, -0.15) is 0 Å². The van der Waals surface area contributed by atoms with Crippen molar-refractivity contribution >= 4 is 34.5 Å². The molecule has 0 spiro atoms. The van der Waals surface area contributed by atoms with Crippen LogP contribution in [0.5, 0.6) is 5.88 Å². The number of nitrogens with one attached hydrogen (secondary N) is 1. The first-order valence-electron chi connectivity index (χ1n) is 8.28. The van der Waals surface area contributed by atoms with Crippen LogP contribution >= 0.6 is 0 Å². The van der Waals surface area contributed by atoms with Gasteiger partial charge in [-0.25, -0.2) is 0 Å². The maximum Gasteiger partial charge on any atom is 0.283 e. The van der Waals surface area contributed by atoms with Gasteiger partial charge in [0.2, 0.25) is 11.8 Å². The minimum Gasteiger partial charge on any atom is -0.493 e. The Balaban J connectivity index is 1.67. The van der Waals surface area contributed by atoms with Crippen molar-refractivity contribution in [1.82, 2.24) is 9.88 Å². The molecule has 3 rings (SSSR count). The summed E-state index contributed by atoms with van der Waals surface area (Å²) >= 11 is 0. The molecule has 0 aliphatic carbocycles. The molecule has 140 valence electrons. The van der Waals surface area contributed by atoms with Gasteiger partial charge in [-0.3, -0.25) is 14.2 Å². The third-order valence-corrected chi connectivity index (χ3v) is 3.78. The molecule has 0 atom stereocenters. The number of terminal acetylenes is 1. The van der Waals surface area contributed by atoms with Crippen LogP contribution in [0.2, 0.25) is 0 Å². The van der Waals surface area contributed by atoms with Crippen molar-refractivity contribution in [2.45, 2.75) is 6.54 Å². The van der Waals surface area contributed by atoms with Gasteiger partial charge in [0, 0.05) is 11.5 Å². The Labute approximate surface area is 160 Å². The Morgan fingerprint density at radius 3 is 2.86 bits per heavy atom. The summed E-state index contributed by atoms with van der Waals surface area (Å²) in [6.07, 6.45) is 9.53. The summed E-state index contributed by atoms with van der Waals surface area (Å²) in [6, 6.07) is 10.5. The lowest BCUT2D eigenvalue weighted by Gasteiger charge is -2.00. The van der Waals surface area contributed by atoms with E-state index in [0.29, 0.717) is 16.7 Å². The SMILES string of the molecule is C#CCn1c(O)c(N=NC(=O)CNC(=O)/C=C/c2ccco2)c2ccccc21. The molecule has 8 heteroatoms. The second-order valence-electron chi connectivity index (χ2n) is 5.64. The van der Waals surface area contributed by atoms with Gasteiger partial charge in [0.1, 0.15) is 12.3 Å². The Morgan fingerprint density at radius 1 is 1.29 bits per heavy atom. The molecular formula is C20H16N4O4. The molecule has 0 saturated carbocycles. The first-order valence-corrected chi connectivity index (χ1v) is 8.28. The standard InChI is InChI=1S/C20H16N4O4/c1-2-11-24-16-8-4-3-7-15(16)19(20(24)27)23-22-18(26)13-21-17(25)10-9-14-6-5-12-28-14/h1,3-10,12,27H,11,13H2,(H,21,25)/b10-9+,23-22?. The van der Waals surface area contributed by atoms with E-state index in [1.807, 2.05) is 0 Å². The molecule has 2 aromatic heterocycles. The van der Waals surface area contributed by atoms with E-state index in [9.17, 15) is 14.7 Å². The average molecular weight is 376 g/mol. The largest absolute Gasteiger partial charge is 0.493 e. The minimum atomic E-state index is -0.673. The molecule has 0 fully saturated rings. The smallest absolute Gasteiger partial charge is 0.283 e. The van der Waals surface area contributed by atoms with E-state index < -0.39 is 11.8 Å². The lowest BCUT2D eigenvalue weighted by atomic mass is 10.2. The number of furan rings is 1. The Bertz CT molecular complexity index is 1100. The number of aromatic hydroxyl groups is 1. The number of rotatable bonds is 6. The Morgan fingerprint density at radius 2 is 2.11 bits per heavy atom. The molecular weight excluding hydrogens is 360 g/mol. The molecule has 3 aromatic rings. The van der Waals surface area contributed by atoms with Crippen LogP contribution in [0.3, 0.4) is 0 Å². The van der Waals surface area contributed by atoms with Gasteiger partial charge < -0.3 is 14.8 Å². The summed E-state index contributed by atoms with van der Waals surface area (Å²) in [4.78, 5) is 23.6. The molecule has 0 saturated heterocycles. The van der Waals surface area contributed by atoms with Crippen LogP contribution in [0, 0.1) is 12.3 Å². The highest BCUT2D eigenvalue weighted by molar-refractivity contribution is 5.96. The van der Waals surface area contributed by atoms with Crippen molar-refractivity contribution in [2.24, 2.45) is 10.2 Å². The normalized spacial score (nSPS) is 11.2. The molecule has 0 aliphatic rings. The topological polar surface area (TPSA) is 109 Å². The summed E-state index contributed by atoms with van der Waals surface area (Å²) < 4.78 is 6.55. The van der Waals surface area contributed by atoms with Crippen LogP contribution < -0.4 is 5.32 Å². The van der Waals surface area contributed by atoms with Crippen molar-refractivity contribution < 1.29 is 19.1 Å². The number of benzene rings is 1. The zero-order valence-electron chi connectivity index (χ0n) is 14.7. The predicted octanol–water partition coefficient (Wildman–Crippen LogP) is 3.01. The predicted molar refractivity (Wildman–Crippen MR) is 103 cm³/mol. The number of hydrogen-bond donors (Lipinski definition) is 2. The highest BCUT2D eigenvalue weighted by atomic mass is 16.3. The van der Waals surface area contributed by atoms with Gasteiger partial charge >= 0.3 is 0 Å². The van der Waals surface area contributed by atoms with Crippen molar-refractivity contribution in [3.05, 3.63) is 54.5 Å². The summed E-state index contributed by atoms with van der Waals surface area (Å²) in [5, 5.41) is 20.8. The molecule has 2 amide bonds. The Kier molecular flexibility index (Phi) is 5.67. The second-order valence-corrected chi connectivity index (χ2v) is 5.64. The first-order chi connectivity index (χ1) is 13.6. The van der Waals surface area contributed by atoms with Crippen LogP contribution in [0.1, 0.15) is 5.76 Å². The average Bonchev–Trinajstić information content (AvgIpc) is 3.31. The summed E-state index contributed by atoms with van der Waals surface area (Å²) in [7, 11) is 0. The molecule has 0 radical (unpaired) electrons. The summed E-state index contributed by atoms with van der Waals surface area (Å²) in [5.74, 6) is 1.64. The zero-order chi connectivity index (χ0) is 19.9. The lowest BCUT2D eigenvalue weighted by molar-refractivity contribution is -0.122. The van der Waals surface area contributed by atoms with Gasteiger partial charge in [-0.1, -0.05) is 24.1 Å². The molecule has 0 unspecified atom stereocenters. The van der Waals surface area contributed by atoms with E-state index >= 15 is 0 Å². The van der Waals surface area contributed by atoms with E-state index in [1.165, 1.54) is 23.0 Å². The van der Waals surface area contributed by atoms with E-state index in [1.54, 1.807) is 36.4 Å². The molecule has 0 aliphatic heterocycles. The molecule has 0 bridgehead atoms. The minimum absolute atomic E-state index is 0.142. The molecule has 8 nitrogen and oxygen atoms in total. The van der Waals surface area contributed by atoms with E-state index in [2.05, 4.69) is 21.5 Å². The molecule has 2 heterocycles. The maximum atomic E-state index is 11.9. The van der Waals surface area contributed by atoms with Crippen LogP contribution in [0.15, 0.2) is 63.4 Å². The van der Waals surface area contributed by atoms with Crippen molar-refractivity contribution in [2.75, 3.05) is 6.54 Å². The van der Waals surface area contributed by atoms with Crippen molar-refractivity contribution in [3.63, 3.8) is 0 Å². The van der Waals surface area contributed by atoms with E-state index in [-0.39, 0.29) is 24.7 Å². The van der Waals surface area contributed by atoms with Crippen LogP contribution in [0.4, 0.5) is 5.69 Å². The van der Waals surface area contributed by atoms with Gasteiger partial charge in [-0.05, 0) is 24.3 Å².